The molecule has 20 heavy (non-hydrogen) atoms. The van der Waals surface area contributed by atoms with E-state index in [4.69, 9.17) is 5.11 Å². The van der Waals surface area contributed by atoms with E-state index >= 15 is 0 Å². The molecule has 1 saturated heterocycles. The molecule has 0 aromatic heterocycles. The van der Waals surface area contributed by atoms with Crippen molar-refractivity contribution in [2.75, 3.05) is 0 Å². The molecular weight excluding hydrogens is 264 g/mol. The van der Waals surface area contributed by atoms with Gasteiger partial charge in [0.1, 0.15) is 6.04 Å². The predicted molar refractivity (Wildman–Crippen MR) is 64.6 cm³/mol. The van der Waals surface area contributed by atoms with Gasteiger partial charge in [-0.15, -0.1) is 0 Å². The number of carboxylic acid groups (broad SMARTS) is 1. The molecule has 1 unspecified atom stereocenters. The summed E-state index contributed by atoms with van der Waals surface area (Å²) in [6, 6.07) is 5.73. The van der Waals surface area contributed by atoms with Gasteiger partial charge in [0.2, 0.25) is 5.91 Å². The summed E-state index contributed by atoms with van der Waals surface area (Å²) in [5.41, 5.74) is 1.16. The highest BCUT2D eigenvalue weighted by atomic mass is 16.4. The summed E-state index contributed by atoms with van der Waals surface area (Å²) in [5, 5.41) is 8.85. The Labute approximate surface area is 113 Å². The van der Waals surface area contributed by atoms with Crippen LogP contribution in [-0.2, 0) is 16.1 Å². The normalized spacial score (nSPS) is 20.7. The first-order chi connectivity index (χ1) is 9.50. The molecule has 7 nitrogen and oxygen atoms in total. The van der Waals surface area contributed by atoms with Crippen molar-refractivity contribution in [3.8, 4) is 0 Å². The van der Waals surface area contributed by atoms with E-state index in [-0.39, 0.29) is 13.0 Å². The molecule has 1 aromatic carbocycles. The van der Waals surface area contributed by atoms with Gasteiger partial charge >= 0.3 is 6.09 Å². The number of benzene rings is 1. The number of carbonyl (C=O) groups is 4. The smallest absolute Gasteiger partial charge is 0.414 e. The first kappa shape index (κ1) is 12.3. The zero-order valence-electron chi connectivity index (χ0n) is 10.3. The van der Waals surface area contributed by atoms with Crippen molar-refractivity contribution in [1.29, 1.82) is 0 Å². The van der Waals surface area contributed by atoms with Crippen LogP contribution in [0.2, 0.25) is 0 Å². The van der Waals surface area contributed by atoms with Crippen LogP contribution in [0.15, 0.2) is 24.3 Å². The molecule has 0 saturated carbocycles. The second-order valence-corrected chi connectivity index (χ2v) is 4.65. The molecule has 2 aliphatic rings. The topological polar surface area (TPSA) is 95.0 Å². The fourth-order valence-corrected chi connectivity index (χ4v) is 2.47. The van der Waals surface area contributed by atoms with E-state index in [9.17, 15) is 19.2 Å². The third-order valence-corrected chi connectivity index (χ3v) is 3.53. The molecule has 0 radical (unpaired) electrons. The number of hydrogen-bond acceptors (Lipinski definition) is 4. The SMILES string of the molecule is O=C1c2ccccc2CN1C(=O)C1CC(=O)N1C(=O)O. The van der Waals surface area contributed by atoms with E-state index in [1.54, 1.807) is 24.3 Å². The van der Waals surface area contributed by atoms with Gasteiger partial charge in [-0.25, -0.2) is 9.69 Å². The number of hydrogen-bond donors (Lipinski definition) is 1. The standard InChI is InChI=1S/C13H10N2O5/c16-10-5-9(15(10)13(19)20)12(18)14-6-7-3-1-2-4-8(7)11(14)17/h1-4,9H,5-6H2,(H,19,20). The lowest BCUT2D eigenvalue weighted by Gasteiger charge is -2.36. The molecule has 1 aromatic rings. The van der Waals surface area contributed by atoms with Crippen molar-refractivity contribution in [3.05, 3.63) is 35.4 Å². The third-order valence-electron chi connectivity index (χ3n) is 3.53. The number of carbonyl (C=O) groups excluding carboxylic acids is 3. The summed E-state index contributed by atoms with van der Waals surface area (Å²) in [6.07, 6.45) is -1.64. The van der Waals surface area contributed by atoms with Crippen LogP contribution in [0, 0.1) is 0 Å². The maximum Gasteiger partial charge on any atom is 0.414 e. The maximum atomic E-state index is 12.2. The molecule has 2 heterocycles. The van der Waals surface area contributed by atoms with E-state index < -0.39 is 29.9 Å². The minimum atomic E-state index is -1.47. The van der Waals surface area contributed by atoms with Crippen LogP contribution in [0.25, 0.3) is 0 Å². The molecule has 1 atom stereocenters. The Bertz CT molecular complexity index is 646. The molecule has 7 heteroatoms. The summed E-state index contributed by atoms with van der Waals surface area (Å²) >= 11 is 0. The van der Waals surface area contributed by atoms with Crippen LogP contribution < -0.4 is 0 Å². The number of fused-ring (bicyclic) bond motifs is 1. The Hall–Kier alpha value is -2.70. The van der Waals surface area contributed by atoms with Crippen molar-refractivity contribution in [1.82, 2.24) is 9.80 Å². The Morgan fingerprint density at radius 1 is 1.20 bits per heavy atom. The van der Waals surface area contributed by atoms with Crippen molar-refractivity contribution >= 4 is 23.8 Å². The van der Waals surface area contributed by atoms with Gasteiger partial charge in [0.15, 0.2) is 0 Å². The highest BCUT2D eigenvalue weighted by Crippen LogP contribution is 2.27. The maximum absolute atomic E-state index is 12.2. The van der Waals surface area contributed by atoms with Gasteiger partial charge in [0, 0.05) is 5.56 Å². The second-order valence-electron chi connectivity index (χ2n) is 4.65. The van der Waals surface area contributed by atoms with Crippen molar-refractivity contribution in [2.45, 2.75) is 19.0 Å². The van der Waals surface area contributed by atoms with Crippen LogP contribution >= 0.6 is 0 Å². The number of nitrogens with zero attached hydrogens (tertiary/aromatic N) is 2. The van der Waals surface area contributed by atoms with Gasteiger partial charge in [-0.1, -0.05) is 18.2 Å². The third kappa shape index (κ3) is 1.59. The quantitative estimate of drug-likeness (QED) is 0.592. The van der Waals surface area contributed by atoms with Gasteiger partial charge in [-0.2, -0.15) is 0 Å². The lowest BCUT2D eigenvalue weighted by molar-refractivity contribution is -0.153. The van der Waals surface area contributed by atoms with E-state index in [0.717, 1.165) is 10.5 Å². The summed E-state index contributed by atoms with van der Waals surface area (Å²) in [5.74, 6) is -1.72. The average molecular weight is 274 g/mol. The van der Waals surface area contributed by atoms with Gasteiger partial charge in [0.25, 0.3) is 11.8 Å². The van der Waals surface area contributed by atoms with E-state index in [2.05, 4.69) is 0 Å². The van der Waals surface area contributed by atoms with Crippen LogP contribution in [-0.4, -0.2) is 44.8 Å². The van der Waals surface area contributed by atoms with Crippen LogP contribution in [0.1, 0.15) is 22.3 Å². The van der Waals surface area contributed by atoms with Gasteiger partial charge in [-0.3, -0.25) is 19.3 Å². The summed E-state index contributed by atoms with van der Waals surface area (Å²) in [7, 11) is 0. The zero-order valence-corrected chi connectivity index (χ0v) is 10.3. The van der Waals surface area contributed by atoms with Crippen LogP contribution in [0.3, 0.4) is 0 Å². The van der Waals surface area contributed by atoms with Crippen LogP contribution in [0.4, 0.5) is 4.79 Å². The number of amides is 4. The number of β-lactam (4-membered cyclic amide) rings is 1. The molecule has 4 amide bonds. The summed E-state index contributed by atoms with van der Waals surface area (Å²) in [6.45, 7) is 0.117. The molecule has 3 rings (SSSR count). The summed E-state index contributed by atoms with van der Waals surface area (Å²) in [4.78, 5) is 47.8. The lowest BCUT2D eigenvalue weighted by Crippen LogP contribution is -2.62. The van der Waals surface area contributed by atoms with Crippen molar-refractivity contribution in [3.63, 3.8) is 0 Å². The predicted octanol–water partition coefficient (Wildman–Crippen LogP) is 0.448. The van der Waals surface area contributed by atoms with Gasteiger partial charge < -0.3 is 5.11 Å². The zero-order chi connectivity index (χ0) is 14.4. The Morgan fingerprint density at radius 2 is 1.90 bits per heavy atom. The highest BCUT2D eigenvalue weighted by Gasteiger charge is 2.49. The minimum absolute atomic E-state index is 0.117. The fraction of sp³-hybridized carbons (Fsp3) is 0.231. The van der Waals surface area contributed by atoms with Crippen LogP contribution in [0.5, 0.6) is 0 Å². The van der Waals surface area contributed by atoms with Gasteiger partial charge in [-0.05, 0) is 11.6 Å². The average Bonchev–Trinajstić information content (AvgIpc) is 2.72. The molecule has 0 aliphatic carbocycles. The molecule has 0 spiro atoms. The van der Waals surface area contributed by atoms with E-state index in [1.165, 1.54) is 0 Å². The highest BCUT2D eigenvalue weighted by molar-refractivity contribution is 6.13. The molecule has 102 valence electrons. The second kappa shape index (κ2) is 4.16. The molecule has 1 fully saturated rings. The molecule has 2 aliphatic heterocycles. The number of rotatable bonds is 1. The lowest BCUT2D eigenvalue weighted by atomic mass is 10.0. The molecular formula is C13H10N2O5. The van der Waals surface area contributed by atoms with Crippen molar-refractivity contribution < 1.29 is 24.3 Å². The molecule has 0 bridgehead atoms. The number of imide groups is 2. The largest absolute Gasteiger partial charge is 0.465 e. The van der Waals surface area contributed by atoms with Gasteiger partial charge in [0.05, 0.1) is 13.0 Å². The first-order valence-corrected chi connectivity index (χ1v) is 5.99. The summed E-state index contributed by atoms with van der Waals surface area (Å²) < 4.78 is 0. The molecule has 1 N–H and O–H groups in total. The Kier molecular flexibility index (Phi) is 2.56. The van der Waals surface area contributed by atoms with E-state index in [0.29, 0.717) is 10.5 Å². The monoisotopic (exact) mass is 274 g/mol. The number of likely N-dealkylation sites (tertiary alicyclic amines) is 1. The Balaban J connectivity index is 1.82. The van der Waals surface area contributed by atoms with Crippen molar-refractivity contribution in [2.24, 2.45) is 0 Å². The minimum Gasteiger partial charge on any atom is -0.465 e. The Morgan fingerprint density at radius 3 is 2.50 bits per heavy atom. The fourth-order valence-electron chi connectivity index (χ4n) is 2.47. The van der Waals surface area contributed by atoms with E-state index in [1.807, 2.05) is 0 Å². The first-order valence-electron chi connectivity index (χ1n) is 5.99.